The van der Waals surface area contributed by atoms with Crippen molar-refractivity contribution in [2.45, 2.75) is 12.4 Å². The minimum atomic E-state index is -5.29. The Balaban J connectivity index is 1.67. The molecule has 0 aliphatic rings. The number of nitrogens with zero attached hydrogens (tertiary/aromatic N) is 7. The fourth-order valence-electron chi connectivity index (χ4n) is 7.38. The summed E-state index contributed by atoms with van der Waals surface area (Å²) in [7, 11) is 0. The van der Waals surface area contributed by atoms with Gasteiger partial charge in [0.25, 0.3) is 0 Å². The van der Waals surface area contributed by atoms with Crippen molar-refractivity contribution in [1.29, 1.82) is 26.3 Å². The van der Waals surface area contributed by atoms with Crippen LogP contribution in [0.2, 0.25) is 0 Å². The Kier molecular flexibility index (Phi) is 7.83. The van der Waals surface area contributed by atoms with Crippen LogP contribution in [0.15, 0.2) is 103 Å². The molecule has 0 aliphatic carbocycles. The Bertz CT molecular complexity index is 3060. The van der Waals surface area contributed by atoms with Crippen LogP contribution < -0.4 is 0 Å². The maximum absolute atomic E-state index is 14.7. The Morgan fingerprint density at radius 3 is 1.05 bits per heavy atom. The summed E-state index contributed by atoms with van der Waals surface area (Å²) in [4.78, 5) is 0. The van der Waals surface area contributed by atoms with Crippen molar-refractivity contribution < 1.29 is 26.3 Å². The van der Waals surface area contributed by atoms with Gasteiger partial charge in [-0.2, -0.15) is 52.7 Å². The molecule has 0 aliphatic heterocycles. The van der Waals surface area contributed by atoms with E-state index in [9.17, 15) is 52.7 Å². The van der Waals surface area contributed by atoms with E-state index in [4.69, 9.17) is 0 Å². The first-order valence-corrected chi connectivity index (χ1v) is 16.4. The summed E-state index contributed by atoms with van der Waals surface area (Å²) >= 11 is 0. The first-order chi connectivity index (χ1) is 26.8. The molecular weight excluding hydrogens is 729 g/mol. The Morgan fingerprint density at radius 2 is 0.750 bits per heavy atom. The van der Waals surface area contributed by atoms with Gasteiger partial charge in [0.1, 0.15) is 0 Å². The Morgan fingerprint density at radius 1 is 0.411 bits per heavy atom. The van der Waals surface area contributed by atoms with Crippen LogP contribution in [0.3, 0.4) is 0 Å². The molecule has 6 aromatic carbocycles. The van der Waals surface area contributed by atoms with Crippen LogP contribution in [-0.2, 0) is 12.4 Å². The second-order valence-electron chi connectivity index (χ2n) is 12.8. The number of aromatic nitrogens is 2. The van der Waals surface area contributed by atoms with Crippen LogP contribution in [0.1, 0.15) is 38.9 Å². The fraction of sp³-hybridized carbons (Fsp3) is 0.0465. The van der Waals surface area contributed by atoms with Crippen molar-refractivity contribution >= 4 is 43.6 Å². The van der Waals surface area contributed by atoms with Crippen molar-refractivity contribution in [2.24, 2.45) is 0 Å². The summed E-state index contributed by atoms with van der Waals surface area (Å²) in [5.74, 6) is 0. The zero-order valence-corrected chi connectivity index (χ0v) is 28.2. The molecule has 2 aromatic heterocycles. The van der Waals surface area contributed by atoms with E-state index in [0.29, 0.717) is 61.8 Å². The third-order valence-electron chi connectivity index (χ3n) is 9.71. The minimum absolute atomic E-state index is 0.0437. The highest BCUT2D eigenvalue weighted by Crippen LogP contribution is 2.48. The number of benzene rings is 6. The highest BCUT2D eigenvalue weighted by atomic mass is 19.4. The molecule has 7 nitrogen and oxygen atoms in total. The lowest BCUT2D eigenvalue weighted by Gasteiger charge is -2.23. The quantitative estimate of drug-likeness (QED) is 0.166. The van der Waals surface area contributed by atoms with Crippen molar-refractivity contribution in [1.82, 2.24) is 9.13 Å². The largest absolute Gasteiger partial charge is 0.417 e. The Labute approximate surface area is 312 Å². The normalized spacial score (nSPS) is 11.7. The third-order valence-corrected chi connectivity index (χ3v) is 9.71. The van der Waals surface area contributed by atoms with E-state index < -0.39 is 40.2 Å². The van der Waals surface area contributed by atoms with Gasteiger partial charge < -0.3 is 9.13 Å². The molecule has 0 atom stereocenters. The predicted molar refractivity (Wildman–Crippen MR) is 194 cm³/mol. The molecule has 56 heavy (non-hydrogen) atoms. The molecule has 0 amide bonds. The molecule has 0 fully saturated rings. The van der Waals surface area contributed by atoms with Gasteiger partial charge in [-0.3, -0.25) is 0 Å². The van der Waals surface area contributed by atoms with E-state index in [0.717, 1.165) is 6.07 Å². The van der Waals surface area contributed by atoms with Gasteiger partial charge in [0.05, 0.1) is 103 Å². The highest BCUT2D eigenvalue weighted by Gasteiger charge is 2.42. The maximum Gasteiger partial charge on any atom is 0.417 e. The smallest absolute Gasteiger partial charge is 0.307 e. The second-order valence-corrected chi connectivity index (χ2v) is 12.8. The van der Waals surface area contributed by atoms with Crippen molar-refractivity contribution in [2.75, 3.05) is 0 Å². The highest BCUT2D eigenvalue weighted by molar-refractivity contribution is 6.12. The van der Waals surface area contributed by atoms with Crippen molar-refractivity contribution in [3.05, 3.63) is 142 Å². The molecular formula is C43H17F6N7. The molecule has 0 radical (unpaired) electrons. The van der Waals surface area contributed by atoms with Gasteiger partial charge in [-0.05, 0) is 72.8 Å². The van der Waals surface area contributed by atoms with Crippen molar-refractivity contribution in [3.63, 3.8) is 0 Å². The van der Waals surface area contributed by atoms with Crippen LogP contribution in [0.4, 0.5) is 26.3 Å². The van der Waals surface area contributed by atoms with Crippen LogP contribution in [0, 0.1) is 56.7 Å². The zero-order valence-electron chi connectivity index (χ0n) is 28.2. The lowest BCUT2D eigenvalue weighted by Crippen LogP contribution is -2.15. The van der Waals surface area contributed by atoms with E-state index in [-0.39, 0.29) is 33.6 Å². The zero-order chi connectivity index (χ0) is 39.7. The summed E-state index contributed by atoms with van der Waals surface area (Å²) in [6.07, 6.45) is -10.6. The molecule has 0 saturated heterocycles. The minimum Gasteiger partial charge on any atom is -0.307 e. The lowest BCUT2D eigenvalue weighted by molar-refractivity contribution is -0.142. The number of fused-ring (bicyclic) bond motifs is 6. The van der Waals surface area contributed by atoms with Gasteiger partial charge in [-0.1, -0.05) is 30.3 Å². The monoisotopic (exact) mass is 745 g/mol. The van der Waals surface area contributed by atoms with Crippen LogP contribution >= 0.6 is 0 Å². The summed E-state index contributed by atoms with van der Waals surface area (Å²) < 4.78 is 91.4. The van der Waals surface area contributed by atoms with Gasteiger partial charge >= 0.3 is 12.4 Å². The first-order valence-electron chi connectivity index (χ1n) is 16.4. The van der Waals surface area contributed by atoms with Crippen LogP contribution in [0.5, 0.6) is 0 Å². The average molecular weight is 746 g/mol. The molecule has 8 rings (SSSR count). The van der Waals surface area contributed by atoms with Gasteiger partial charge in [0.2, 0.25) is 0 Å². The molecule has 0 spiro atoms. The van der Waals surface area contributed by atoms with E-state index in [1.54, 1.807) is 65.2 Å². The predicted octanol–water partition coefficient (Wildman–Crippen LogP) is 10.9. The van der Waals surface area contributed by atoms with Gasteiger partial charge in [0, 0.05) is 32.7 Å². The topological polar surface area (TPSA) is 129 Å². The summed E-state index contributed by atoms with van der Waals surface area (Å²) in [6.45, 7) is 0. The number of alkyl halides is 6. The van der Waals surface area contributed by atoms with E-state index in [1.165, 1.54) is 22.8 Å². The van der Waals surface area contributed by atoms with Crippen LogP contribution in [0.25, 0.3) is 66.1 Å². The summed E-state index contributed by atoms with van der Waals surface area (Å²) in [5.41, 5.74) is -3.61. The number of nitriles is 5. The second kappa shape index (κ2) is 12.5. The number of rotatable bonds is 3. The van der Waals surface area contributed by atoms with Gasteiger partial charge in [-0.25, -0.2) is 0 Å². The molecule has 13 heteroatoms. The number of hydrogen-bond acceptors (Lipinski definition) is 5. The molecule has 0 bridgehead atoms. The SMILES string of the molecule is N#Cc1ccc2c3ccc(C#N)cc3n(-c3cc(C#N)c(-c4c(C(F)(F)F)cccc4C(F)(F)F)cc3-n3c4cc(C#N)ccc4c4ccc(C#N)cc43)c2c1. The fourth-order valence-corrected chi connectivity index (χ4v) is 7.38. The summed E-state index contributed by atoms with van der Waals surface area (Å²) in [6, 6.07) is 33.0. The molecule has 8 aromatic rings. The molecule has 0 saturated carbocycles. The molecule has 266 valence electrons. The maximum atomic E-state index is 14.7. The third kappa shape index (κ3) is 5.33. The Hall–Kier alpha value is -8.05. The van der Waals surface area contributed by atoms with E-state index in [2.05, 4.69) is 24.3 Å². The average Bonchev–Trinajstić information content (AvgIpc) is 3.69. The number of halogens is 6. The van der Waals surface area contributed by atoms with Crippen molar-refractivity contribution in [3.8, 4) is 52.8 Å². The number of hydrogen-bond donors (Lipinski definition) is 0. The van der Waals surface area contributed by atoms with Gasteiger partial charge in [-0.15, -0.1) is 0 Å². The van der Waals surface area contributed by atoms with E-state index >= 15 is 0 Å². The standard InChI is InChI=1S/C43H17F6N7/c44-42(45,46)33-2-1-3-34(43(47,48)49)41(33)32-17-40(56-37-14-25(20-52)6-10-30(37)31-11-7-26(21-53)15-38(31)56)39(16-27(32)22-54)55-35-12-23(18-50)4-8-28(35)29-9-5-24(19-51)13-36(29)55/h1-17H. The van der Waals surface area contributed by atoms with Gasteiger partial charge in [0.15, 0.2) is 0 Å². The molecule has 2 heterocycles. The molecule has 0 N–H and O–H groups in total. The molecule has 0 unspecified atom stereocenters. The first kappa shape index (κ1) is 35.0. The lowest BCUT2D eigenvalue weighted by atomic mass is 9.89. The van der Waals surface area contributed by atoms with E-state index in [1.807, 2.05) is 6.07 Å². The van der Waals surface area contributed by atoms with Crippen LogP contribution in [-0.4, -0.2) is 9.13 Å². The summed E-state index contributed by atoms with van der Waals surface area (Å²) in [5, 5.41) is 52.5.